The number of phenolic OH excluding ortho intramolecular Hbond substituents is 2. The van der Waals surface area contributed by atoms with Crippen molar-refractivity contribution in [1.29, 1.82) is 0 Å². The van der Waals surface area contributed by atoms with E-state index in [1.54, 1.807) is 19.2 Å². The molecule has 2 aromatic carbocycles. The van der Waals surface area contributed by atoms with Crippen molar-refractivity contribution in [2.24, 2.45) is 0 Å². The van der Waals surface area contributed by atoms with Crippen molar-refractivity contribution in [3.8, 4) is 23.0 Å². The zero-order chi connectivity index (χ0) is 18.3. The van der Waals surface area contributed by atoms with E-state index in [1.165, 1.54) is 7.11 Å². The van der Waals surface area contributed by atoms with E-state index in [0.717, 1.165) is 29.5 Å². The van der Waals surface area contributed by atoms with Crippen LogP contribution in [0.15, 0.2) is 42.5 Å². The minimum absolute atomic E-state index is 0.0616. The van der Waals surface area contributed by atoms with Crippen LogP contribution in [0, 0.1) is 0 Å². The number of rotatable bonds is 3. The van der Waals surface area contributed by atoms with Gasteiger partial charge in [0.1, 0.15) is 6.10 Å². The van der Waals surface area contributed by atoms with Gasteiger partial charge in [0, 0.05) is 5.92 Å². The number of methoxy groups -OCH3 is 2. The molecule has 2 N–H and O–H groups in total. The molecule has 5 nitrogen and oxygen atoms in total. The van der Waals surface area contributed by atoms with Gasteiger partial charge in [-0.3, -0.25) is 0 Å². The molecule has 0 fully saturated rings. The molecular formula is C21H22O5. The van der Waals surface area contributed by atoms with E-state index in [9.17, 15) is 10.2 Å². The summed E-state index contributed by atoms with van der Waals surface area (Å²) in [6.45, 7) is 0. The summed E-state index contributed by atoms with van der Waals surface area (Å²) in [6.07, 6.45) is 5.85. The van der Waals surface area contributed by atoms with Crippen LogP contribution in [-0.2, 0) is 11.2 Å². The summed E-state index contributed by atoms with van der Waals surface area (Å²) in [4.78, 5) is 0. The standard InChI is InChI=1S/C21H22O5/c1-24-20-10-13(3-6-16(20)22)18-8-5-14-15-11-21(25-2)17(23)9-12(15)4-7-19(14)26-18/h3,5-6,8-11,14,18-19,22-23H,4,7H2,1-2H3. The minimum Gasteiger partial charge on any atom is -0.504 e. The third kappa shape index (κ3) is 2.78. The monoisotopic (exact) mass is 354 g/mol. The Labute approximate surface area is 152 Å². The van der Waals surface area contributed by atoms with Gasteiger partial charge in [0.25, 0.3) is 0 Å². The first-order chi connectivity index (χ1) is 12.6. The molecule has 0 saturated heterocycles. The fourth-order valence-corrected chi connectivity index (χ4v) is 3.89. The molecule has 5 heteroatoms. The Kier molecular flexibility index (Phi) is 4.24. The van der Waals surface area contributed by atoms with Gasteiger partial charge in [0.05, 0.1) is 20.3 Å². The second-order valence-electron chi connectivity index (χ2n) is 6.70. The number of ether oxygens (including phenoxy) is 3. The Morgan fingerprint density at radius 1 is 0.962 bits per heavy atom. The highest BCUT2D eigenvalue weighted by molar-refractivity contribution is 5.51. The lowest BCUT2D eigenvalue weighted by Crippen LogP contribution is -2.31. The molecule has 0 amide bonds. The van der Waals surface area contributed by atoms with E-state index in [-0.39, 0.29) is 29.6 Å². The largest absolute Gasteiger partial charge is 0.504 e. The van der Waals surface area contributed by atoms with Crippen LogP contribution >= 0.6 is 0 Å². The fourth-order valence-electron chi connectivity index (χ4n) is 3.89. The van der Waals surface area contributed by atoms with Crippen molar-refractivity contribution in [2.75, 3.05) is 14.2 Å². The smallest absolute Gasteiger partial charge is 0.160 e. The van der Waals surface area contributed by atoms with Crippen molar-refractivity contribution < 1.29 is 24.4 Å². The number of aromatic hydroxyl groups is 2. The van der Waals surface area contributed by atoms with Crippen LogP contribution in [-0.4, -0.2) is 30.5 Å². The van der Waals surface area contributed by atoms with Crippen LogP contribution in [0.2, 0.25) is 0 Å². The van der Waals surface area contributed by atoms with Crippen molar-refractivity contribution in [3.63, 3.8) is 0 Å². The normalized spacial score (nSPS) is 23.8. The average molecular weight is 354 g/mol. The van der Waals surface area contributed by atoms with Crippen molar-refractivity contribution in [3.05, 3.63) is 59.2 Å². The summed E-state index contributed by atoms with van der Waals surface area (Å²) in [5.74, 6) is 1.37. The van der Waals surface area contributed by atoms with Gasteiger partial charge in [-0.2, -0.15) is 0 Å². The fraction of sp³-hybridized carbons (Fsp3) is 0.333. The Morgan fingerprint density at radius 3 is 2.50 bits per heavy atom. The number of fused-ring (bicyclic) bond motifs is 3. The maximum atomic E-state index is 10.0. The van der Waals surface area contributed by atoms with Crippen LogP contribution < -0.4 is 9.47 Å². The Hall–Kier alpha value is -2.66. The first-order valence-corrected chi connectivity index (χ1v) is 8.71. The molecular weight excluding hydrogens is 332 g/mol. The SMILES string of the molecule is COc1cc(C2C=CC3c4cc(OC)c(O)cc4CCC3O2)ccc1O. The third-order valence-corrected chi connectivity index (χ3v) is 5.25. The lowest BCUT2D eigenvalue weighted by Gasteiger charge is -2.37. The number of phenols is 2. The number of aryl methyl sites for hydroxylation is 1. The summed E-state index contributed by atoms with van der Waals surface area (Å²) >= 11 is 0. The number of hydrogen-bond donors (Lipinski definition) is 2. The topological polar surface area (TPSA) is 68.2 Å². The Balaban J connectivity index is 1.65. The first-order valence-electron chi connectivity index (χ1n) is 8.71. The maximum Gasteiger partial charge on any atom is 0.160 e. The highest BCUT2D eigenvalue weighted by atomic mass is 16.5. The van der Waals surface area contributed by atoms with Crippen LogP contribution in [0.25, 0.3) is 0 Å². The molecule has 0 aromatic heterocycles. The van der Waals surface area contributed by atoms with Gasteiger partial charge in [-0.25, -0.2) is 0 Å². The Bertz CT molecular complexity index is 858. The molecule has 2 aromatic rings. The van der Waals surface area contributed by atoms with Crippen LogP contribution in [0.1, 0.15) is 35.1 Å². The molecule has 26 heavy (non-hydrogen) atoms. The maximum absolute atomic E-state index is 10.0. The zero-order valence-electron chi connectivity index (χ0n) is 14.8. The average Bonchev–Trinajstić information content (AvgIpc) is 2.67. The van der Waals surface area contributed by atoms with Crippen molar-refractivity contribution in [2.45, 2.75) is 31.0 Å². The summed E-state index contributed by atoms with van der Waals surface area (Å²) in [6, 6.07) is 9.00. The van der Waals surface area contributed by atoms with Crippen LogP contribution in [0.3, 0.4) is 0 Å². The zero-order valence-corrected chi connectivity index (χ0v) is 14.8. The van der Waals surface area contributed by atoms with E-state index in [0.29, 0.717) is 11.5 Å². The van der Waals surface area contributed by atoms with Gasteiger partial charge in [0.15, 0.2) is 23.0 Å². The highest BCUT2D eigenvalue weighted by Crippen LogP contribution is 2.44. The van der Waals surface area contributed by atoms with Crippen molar-refractivity contribution in [1.82, 2.24) is 0 Å². The van der Waals surface area contributed by atoms with E-state index >= 15 is 0 Å². The summed E-state index contributed by atoms with van der Waals surface area (Å²) in [5, 5.41) is 19.8. The predicted octanol–water partition coefficient (Wildman–Crippen LogP) is 3.84. The van der Waals surface area contributed by atoms with Crippen molar-refractivity contribution >= 4 is 0 Å². The Morgan fingerprint density at radius 2 is 1.73 bits per heavy atom. The van der Waals surface area contributed by atoms with E-state index in [4.69, 9.17) is 14.2 Å². The molecule has 3 unspecified atom stereocenters. The van der Waals surface area contributed by atoms with E-state index in [2.05, 4.69) is 6.08 Å². The molecule has 0 radical (unpaired) electrons. The van der Waals surface area contributed by atoms with Crippen LogP contribution in [0.4, 0.5) is 0 Å². The van der Waals surface area contributed by atoms with Gasteiger partial charge in [0.2, 0.25) is 0 Å². The van der Waals surface area contributed by atoms with E-state index < -0.39 is 0 Å². The predicted molar refractivity (Wildman–Crippen MR) is 97.1 cm³/mol. The lowest BCUT2D eigenvalue weighted by atomic mass is 9.78. The third-order valence-electron chi connectivity index (χ3n) is 5.25. The molecule has 1 heterocycles. The molecule has 0 bridgehead atoms. The molecule has 3 atom stereocenters. The van der Waals surface area contributed by atoms with Gasteiger partial charge in [-0.05, 0) is 53.8 Å². The number of hydrogen-bond acceptors (Lipinski definition) is 5. The summed E-state index contributed by atoms with van der Waals surface area (Å²) in [7, 11) is 3.09. The molecule has 136 valence electrons. The second kappa shape index (κ2) is 6.57. The summed E-state index contributed by atoms with van der Waals surface area (Å²) in [5.41, 5.74) is 3.24. The molecule has 2 aliphatic rings. The van der Waals surface area contributed by atoms with Gasteiger partial charge < -0.3 is 24.4 Å². The van der Waals surface area contributed by atoms with Gasteiger partial charge >= 0.3 is 0 Å². The number of benzene rings is 2. The van der Waals surface area contributed by atoms with Gasteiger partial charge in [-0.1, -0.05) is 18.2 Å². The molecule has 1 aliphatic carbocycles. The second-order valence-corrected chi connectivity index (χ2v) is 6.70. The molecule has 0 saturated carbocycles. The quantitative estimate of drug-likeness (QED) is 0.820. The minimum atomic E-state index is -0.175. The van der Waals surface area contributed by atoms with Crippen LogP contribution in [0.5, 0.6) is 23.0 Å². The van der Waals surface area contributed by atoms with E-state index in [1.807, 2.05) is 24.3 Å². The van der Waals surface area contributed by atoms with Gasteiger partial charge in [-0.15, -0.1) is 0 Å². The molecule has 0 spiro atoms. The highest BCUT2D eigenvalue weighted by Gasteiger charge is 2.34. The summed E-state index contributed by atoms with van der Waals surface area (Å²) < 4.78 is 16.8. The lowest BCUT2D eigenvalue weighted by molar-refractivity contribution is -0.0140. The first kappa shape index (κ1) is 16.8. The molecule has 1 aliphatic heterocycles. The molecule has 4 rings (SSSR count).